The number of ether oxygens (including phenoxy) is 1. The van der Waals surface area contributed by atoms with Crippen LogP contribution in [0.4, 0.5) is 0 Å². The van der Waals surface area contributed by atoms with Crippen molar-refractivity contribution in [2.24, 2.45) is 13.0 Å². The first-order valence-electron chi connectivity index (χ1n) is 9.01. The highest BCUT2D eigenvalue weighted by Crippen LogP contribution is 2.37. The van der Waals surface area contributed by atoms with Crippen molar-refractivity contribution < 1.29 is 14.6 Å². The van der Waals surface area contributed by atoms with E-state index in [2.05, 4.69) is 15.5 Å². The summed E-state index contributed by atoms with van der Waals surface area (Å²) in [5.41, 5.74) is 0.513. The van der Waals surface area contributed by atoms with E-state index in [0.717, 1.165) is 12.2 Å². The van der Waals surface area contributed by atoms with Crippen LogP contribution in [0.1, 0.15) is 48.8 Å². The first-order valence-corrected chi connectivity index (χ1v) is 9.01. The van der Waals surface area contributed by atoms with Crippen LogP contribution in [-0.2, 0) is 7.05 Å². The Hall–Kier alpha value is -2.41. The lowest BCUT2D eigenvalue weighted by atomic mass is 10.0. The topological polar surface area (TPSA) is 89.3 Å². The van der Waals surface area contributed by atoms with Gasteiger partial charge in [0.1, 0.15) is 17.9 Å². The number of aliphatic hydroxyl groups is 1. The maximum absolute atomic E-state index is 12.6. The van der Waals surface area contributed by atoms with Gasteiger partial charge in [-0.2, -0.15) is 0 Å². The van der Waals surface area contributed by atoms with Crippen LogP contribution in [0.2, 0.25) is 0 Å². The zero-order valence-corrected chi connectivity index (χ0v) is 15.4. The largest absolute Gasteiger partial charge is 0.490 e. The molecule has 1 fully saturated rings. The molecular weight excluding hydrogens is 332 g/mol. The van der Waals surface area contributed by atoms with E-state index >= 15 is 0 Å². The van der Waals surface area contributed by atoms with Gasteiger partial charge in [0.05, 0.1) is 17.8 Å². The van der Waals surface area contributed by atoms with Crippen molar-refractivity contribution in [3.05, 3.63) is 42.0 Å². The van der Waals surface area contributed by atoms with Crippen LogP contribution in [0.25, 0.3) is 0 Å². The molecule has 7 nitrogen and oxygen atoms in total. The summed E-state index contributed by atoms with van der Waals surface area (Å²) < 4.78 is 7.60. The number of benzene rings is 1. The van der Waals surface area contributed by atoms with Crippen LogP contribution in [0, 0.1) is 5.92 Å². The predicted octanol–water partition coefficient (Wildman–Crippen LogP) is 1.89. The van der Waals surface area contributed by atoms with Crippen molar-refractivity contribution in [3.63, 3.8) is 0 Å². The molecule has 0 unspecified atom stereocenters. The Bertz CT molecular complexity index is 759. The number of aromatic nitrogens is 3. The molecule has 2 aromatic rings. The second-order valence-corrected chi connectivity index (χ2v) is 7.17. The number of hydrogen-bond acceptors (Lipinski definition) is 5. The van der Waals surface area contributed by atoms with Crippen molar-refractivity contribution in [2.45, 2.75) is 44.8 Å². The van der Waals surface area contributed by atoms with Gasteiger partial charge >= 0.3 is 0 Å². The smallest absolute Gasteiger partial charge is 0.255 e. The summed E-state index contributed by atoms with van der Waals surface area (Å²) >= 11 is 0. The summed E-state index contributed by atoms with van der Waals surface area (Å²) in [6, 6.07) is 7.21. The number of carbonyl (C=O) groups is 1. The van der Waals surface area contributed by atoms with Crippen molar-refractivity contribution in [3.8, 4) is 5.75 Å². The number of rotatable bonds is 6. The zero-order chi connectivity index (χ0) is 18.7. The van der Waals surface area contributed by atoms with E-state index in [0.29, 0.717) is 24.3 Å². The quantitative estimate of drug-likeness (QED) is 0.823. The lowest BCUT2D eigenvalue weighted by Crippen LogP contribution is -2.32. The third-order valence-corrected chi connectivity index (χ3v) is 4.79. The highest BCUT2D eigenvalue weighted by Gasteiger charge is 2.36. The lowest BCUT2D eigenvalue weighted by Gasteiger charge is -2.17. The van der Waals surface area contributed by atoms with Crippen LogP contribution in [0.15, 0.2) is 30.6 Å². The Labute approximate surface area is 153 Å². The van der Waals surface area contributed by atoms with Crippen molar-refractivity contribution in [2.75, 3.05) is 6.54 Å². The summed E-state index contributed by atoms with van der Waals surface area (Å²) in [6.07, 6.45) is 2.62. The van der Waals surface area contributed by atoms with Crippen LogP contribution >= 0.6 is 0 Å². The third-order valence-electron chi connectivity index (χ3n) is 4.79. The van der Waals surface area contributed by atoms with Gasteiger partial charge in [-0.15, -0.1) is 10.2 Å². The van der Waals surface area contributed by atoms with Gasteiger partial charge in [0, 0.05) is 25.4 Å². The molecule has 1 aliphatic rings. The van der Waals surface area contributed by atoms with Crippen molar-refractivity contribution in [1.29, 1.82) is 0 Å². The molecule has 1 aliphatic carbocycles. The molecule has 140 valence electrons. The average molecular weight is 358 g/mol. The second-order valence-electron chi connectivity index (χ2n) is 7.17. The minimum absolute atomic E-state index is 0.00108. The summed E-state index contributed by atoms with van der Waals surface area (Å²) in [4.78, 5) is 12.6. The van der Waals surface area contributed by atoms with Crippen molar-refractivity contribution in [1.82, 2.24) is 20.1 Å². The molecule has 7 heteroatoms. The van der Waals surface area contributed by atoms with E-state index in [1.165, 1.54) is 0 Å². The molecule has 0 radical (unpaired) electrons. The normalized spacial score (nSPS) is 22.6. The van der Waals surface area contributed by atoms with E-state index in [1.54, 1.807) is 18.5 Å². The van der Waals surface area contributed by atoms with Gasteiger partial charge in [-0.1, -0.05) is 12.1 Å². The molecule has 1 saturated carbocycles. The summed E-state index contributed by atoms with van der Waals surface area (Å²) in [7, 11) is 1.91. The average Bonchev–Trinajstić information content (AvgIpc) is 3.18. The van der Waals surface area contributed by atoms with Gasteiger partial charge in [-0.05, 0) is 38.8 Å². The van der Waals surface area contributed by atoms with Gasteiger partial charge in [0.15, 0.2) is 0 Å². The monoisotopic (exact) mass is 358 g/mol. The fourth-order valence-corrected chi connectivity index (χ4v) is 3.52. The van der Waals surface area contributed by atoms with Gasteiger partial charge < -0.3 is 19.7 Å². The highest BCUT2D eigenvalue weighted by molar-refractivity contribution is 5.96. The fraction of sp³-hybridized carbons (Fsp3) is 0.526. The number of nitrogens with zero attached hydrogens (tertiary/aromatic N) is 3. The molecule has 1 amide bonds. The van der Waals surface area contributed by atoms with Crippen molar-refractivity contribution >= 4 is 5.91 Å². The van der Waals surface area contributed by atoms with E-state index in [9.17, 15) is 9.90 Å². The Morgan fingerprint density at radius 1 is 1.38 bits per heavy atom. The summed E-state index contributed by atoms with van der Waals surface area (Å²) in [5.74, 6) is 1.43. The van der Waals surface area contributed by atoms with Crippen LogP contribution < -0.4 is 10.1 Å². The number of hydrogen-bond donors (Lipinski definition) is 2. The van der Waals surface area contributed by atoms with Gasteiger partial charge in [-0.3, -0.25) is 4.79 Å². The number of aliphatic hydroxyl groups excluding tert-OH is 1. The molecule has 1 aromatic carbocycles. The standard InChI is InChI=1S/C19H26N4O3/c1-12(2)26-17-7-5-4-6-15(17)19(25)20-10-14-8-13(9-16(14)24)18-22-21-11-23(18)3/h4-7,11-14,16,24H,8-10H2,1-3H3,(H,20,25)/t13-,14+,16+/m0/s1. The second kappa shape index (κ2) is 7.86. The van der Waals surface area contributed by atoms with Crippen LogP contribution in [0.5, 0.6) is 5.75 Å². The molecule has 2 N–H and O–H groups in total. The van der Waals surface area contributed by atoms with Crippen LogP contribution in [0.3, 0.4) is 0 Å². The first-order chi connectivity index (χ1) is 12.5. The third kappa shape index (κ3) is 4.04. The summed E-state index contributed by atoms with van der Waals surface area (Å²) in [5, 5.41) is 21.4. The number of aryl methyl sites for hydroxylation is 1. The van der Waals surface area contributed by atoms with Gasteiger partial charge in [0.2, 0.25) is 0 Å². The Morgan fingerprint density at radius 2 is 2.15 bits per heavy atom. The Morgan fingerprint density at radius 3 is 2.85 bits per heavy atom. The molecule has 0 aliphatic heterocycles. The molecule has 26 heavy (non-hydrogen) atoms. The minimum Gasteiger partial charge on any atom is -0.490 e. The van der Waals surface area contributed by atoms with Gasteiger partial charge in [0.25, 0.3) is 5.91 Å². The number of para-hydroxylation sites is 1. The van der Waals surface area contributed by atoms with E-state index in [-0.39, 0.29) is 23.8 Å². The molecule has 0 saturated heterocycles. The van der Waals surface area contributed by atoms with E-state index in [4.69, 9.17) is 4.74 Å². The number of amides is 1. The fourth-order valence-electron chi connectivity index (χ4n) is 3.52. The highest BCUT2D eigenvalue weighted by atomic mass is 16.5. The zero-order valence-electron chi connectivity index (χ0n) is 15.4. The predicted molar refractivity (Wildman–Crippen MR) is 97.0 cm³/mol. The lowest BCUT2D eigenvalue weighted by molar-refractivity contribution is 0.0911. The summed E-state index contributed by atoms with van der Waals surface area (Å²) in [6.45, 7) is 4.27. The molecule has 0 spiro atoms. The number of nitrogens with one attached hydrogen (secondary N) is 1. The Kier molecular flexibility index (Phi) is 5.56. The molecule has 3 rings (SSSR count). The van der Waals surface area contributed by atoms with Gasteiger partial charge in [-0.25, -0.2) is 0 Å². The maximum atomic E-state index is 12.6. The van der Waals surface area contributed by atoms with E-state index in [1.807, 2.05) is 37.6 Å². The molecule has 1 heterocycles. The molecule has 3 atom stereocenters. The van der Waals surface area contributed by atoms with Crippen LogP contribution in [-0.4, -0.2) is 44.5 Å². The molecular formula is C19H26N4O3. The first kappa shape index (κ1) is 18.4. The minimum atomic E-state index is -0.459. The Balaban J connectivity index is 1.61. The number of carbonyl (C=O) groups excluding carboxylic acids is 1. The maximum Gasteiger partial charge on any atom is 0.255 e. The molecule has 1 aromatic heterocycles. The SMILES string of the molecule is CC(C)Oc1ccccc1C(=O)NC[C@H]1C[C@H](c2nncn2C)C[C@H]1O. The van der Waals surface area contributed by atoms with E-state index < -0.39 is 6.10 Å². The molecule has 0 bridgehead atoms.